The maximum absolute atomic E-state index is 5.75. The predicted octanol–water partition coefficient (Wildman–Crippen LogP) is 1.64. The van der Waals surface area contributed by atoms with Crippen LogP contribution in [-0.2, 0) is 4.84 Å². The van der Waals surface area contributed by atoms with Crippen molar-refractivity contribution in [3.63, 3.8) is 0 Å². The molecule has 0 aliphatic heterocycles. The van der Waals surface area contributed by atoms with Crippen molar-refractivity contribution in [2.75, 3.05) is 12.3 Å². The van der Waals surface area contributed by atoms with Gasteiger partial charge in [-0.25, -0.2) is 0 Å². The smallest absolute Gasteiger partial charge is 0.177 e. The lowest BCUT2D eigenvalue weighted by molar-refractivity contribution is 0.180. The maximum atomic E-state index is 5.75. The lowest BCUT2D eigenvalue weighted by Gasteiger charge is -2.03. The van der Waals surface area contributed by atoms with E-state index in [1.54, 1.807) is 0 Å². The van der Waals surface area contributed by atoms with E-state index in [0.717, 1.165) is 11.3 Å². The molecule has 14 heavy (non-hydrogen) atoms. The Morgan fingerprint density at radius 3 is 2.93 bits per heavy atom. The number of nitrogens with two attached hydrogens (primary N) is 1. The van der Waals surface area contributed by atoms with Gasteiger partial charge < -0.3 is 10.6 Å². The molecule has 1 aromatic rings. The van der Waals surface area contributed by atoms with Crippen molar-refractivity contribution in [3.8, 4) is 12.3 Å². The number of para-hydroxylation sites is 1. The van der Waals surface area contributed by atoms with E-state index in [9.17, 15) is 0 Å². The summed E-state index contributed by atoms with van der Waals surface area (Å²) < 4.78 is 0. The molecular formula is C11H12N2O. The Kier molecular flexibility index (Phi) is 3.57. The van der Waals surface area contributed by atoms with Crippen LogP contribution >= 0.6 is 0 Å². The normalized spacial score (nSPS) is 10.7. The first kappa shape index (κ1) is 10.1. The molecule has 3 heteroatoms. The van der Waals surface area contributed by atoms with Gasteiger partial charge in [-0.2, -0.15) is 0 Å². The third-order valence-corrected chi connectivity index (χ3v) is 1.70. The van der Waals surface area contributed by atoms with E-state index < -0.39 is 0 Å². The van der Waals surface area contributed by atoms with E-state index >= 15 is 0 Å². The number of rotatable bonds is 3. The van der Waals surface area contributed by atoms with E-state index in [1.165, 1.54) is 0 Å². The van der Waals surface area contributed by atoms with E-state index in [-0.39, 0.29) is 6.61 Å². The molecule has 0 bridgehead atoms. The van der Waals surface area contributed by atoms with Gasteiger partial charge in [-0.1, -0.05) is 29.3 Å². The Hall–Kier alpha value is -1.95. The summed E-state index contributed by atoms with van der Waals surface area (Å²) in [5.74, 6) is 2.33. The number of anilines is 1. The number of terminal acetylenes is 1. The molecule has 0 amide bonds. The molecule has 2 N–H and O–H groups in total. The Bertz CT molecular complexity index is 377. The molecular weight excluding hydrogens is 176 g/mol. The summed E-state index contributed by atoms with van der Waals surface area (Å²) in [5, 5.41) is 3.84. The Labute approximate surface area is 83.6 Å². The number of benzene rings is 1. The lowest BCUT2D eigenvalue weighted by atomic mass is 10.1. The number of nitrogen functional groups attached to an aromatic ring is 1. The summed E-state index contributed by atoms with van der Waals surface area (Å²) in [4.78, 5) is 4.85. The summed E-state index contributed by atoms with van der Waals surface area (Å²) in [6.45, 7) is 1.99. The molecule has 0 radical (unpaired) electrons. The van der Waals surface area contributed by atoms with Crippen molar-refractivity contribution < 1.29 is 4.84 Å². The number of hydrogen-bond acceptors (Lipinski definition) is 3. The van der Waals surface area contributed by atoms with E-state index in [1.807, 2.05) is 31.2 Å². The first-order valence-corrected chi connectivity index (χ1v) is 4.20. The van der Waals surface area contributed by atoms with Crippen LogP contribution in [0, 0.1) is 12.3 Å². The largest absolute Gasteiger partial charge is 0.398 e. The fourth-order valence-corrected chi connectivity index (χ4v) is 1.04. The van der Waals surface area contributed by atoms with Crippen molar-refractivity contribution in [1.29, 1.82) is 0 Å². The minimum Gasteiger partial charge on any atom is -0.398 e. The summed E-state index contributed by atoms with van der Waals surface area (Å²) >= 11 is 0. The van der Waals surface area contributed by atoms with Gasteiger partial charge >= 0.3 is 0 Å². The van der Waals surface area contributed by atoms with E-state index in [4.69, 9.17) is 17.0 Å². The first-order chi connectivity index (χ1) is 6.75. The highest BCUT2D eigenvalue weighted by atomic mass is 16.6. The molecule has 0 aliphatic rings. The van der Waals surface area contributed by atoms with Gasteiger partial charge in [0.2, 0.25) is 0 Å². The van der Waals surface area contributed by atoms with Crippen LogP contribution in [0.2, 0.25) is 0 Å². The van der Waals surface area contributed by atoms with Crippen LogP contribution in [0.3, 0.4) is 0 Å². The Balaban J connectivity index is 2.79. The van der Waals surface area contributed by atoms with Crippen LogP contribution in [-0.4, -0.2) is 12.3 Å². The van der Waals surface area contributed by atoms with Gasteiger partial charge in [-0.3, -0.25) is 0 Å². The summed E-state index contributed by atoms with van der Waals surface area (Å²) in [6.07, 6.45) is 5.01. The SMILES string of the molecule is C#CCO/N=C(\C)c1ccccc1N. The fourth-order valence-electron chi connectivity index (χ4n) is 1.04. The van der Waals surface area contributed by atoms with Crippen LogP contribution in [0.4, 0.5) is 5.69 Å². The van der Waals surface area contributed by atoms with Gasteiger partial charge in [0.15, 0.2) is 6.61 Å². The van der Waals surface area contributed by atoms with Crippen LogP contribution in [0.1, 0.15) is 12.5 Å². The zero-order chi connectivity index (χ0) is 10.4. The minimum absolute atomic E-state index is 0.171. The quantitative estimate of drug-likeness (QED) is 0.258. The van der Waals surface area contributed by atoms with Crippen LogP contribution < -0.4 is 5.73 Å². The number of hydrogen-bond donors (Lipinski definition) is 1. The van der Waals surface area contributed by atoms with Crippen molar-refractivity contribution in [1.82, 2.24) is 0 Å². The van der Waals surface area contributed by atoms with Crippen molar-refractivity contribution in [3.05, 3.63) is 29.8 Å². The van der Waals surface area contributed by atoms with Gasteiger partial charge in [0.05, 0.1) is 5.71 Å². The summed E-state index contributed by atoms with van der Waals surface area (Å²) in [6, 6.07) is 7.46. The van der Waals surface area contributed by atoms with E-state index in [2.05, 4.69) is 11.1 Å². The molecule has 72 valence electrons. The second-order valence-corrected chi connectivity index (χ2v) is 2.74. The van der Waals surface area contributed by atoms with Gasteiger partial charge in [0, 0.05) is 11.3 Å². The molecule has 0 saturated carbocycles. The molecule has 0 aromatic heterocycles. The average Bonchev–Trinajstić information content (AvgIpc) is 2.18. The van der Waals surface area contributed by atoms with Gasteiger partial charge in [0.1, 0.15) is 0 Å². The second-order valence-electron chi connectivity index (χ2n) is 2.74. The monoisotopic (exact) mass is 188 g/mol. The molecule has 0 heterocycles. The minimum atomic E-state index is 0.171. The zero-order valence-electron chi connectivity index (χ0n) is 8.03. The second kappa shape index (κ2) is 4.93. The van der Waals surface area contributed by atoms with E-state index in [0.29, 0.717) is 5.69 Å². The molecule has 1 rings (SSSR count). The third-order valence-electron chi connectivity index (χ3n) is 1.70. The molecule has 0 aliphatic carbocycles. The maximum Gasteiger partial charge on any atom is 0.177 e. The van der Waals surface area contributed by atoms with Gasteiger partial charge in [-0.15, -0.1) is 6.42 Å². The van der Waals surface area contributed by atoms with Crippen LogP contribution in [0.15, 0.2) is 29.4 Å². The highest BCUT2D eigenvalue weighted by Gasteiger charge is 2.01. The summed E-state index contributed by atoms with van der Waals surface area (Å²) in [7, 11) is 0. The first-order valence-electron chi connectivity index (χ1n) is 4.20. The molecule has 0 unspecified atom stereocenters. The number of nitrogens with zero attached hydrogens (tertiary/aromatic N) is 1. The fraction of sp³-hybridized carbons (Fsp3) is 0.182. The van der Waals surface area contributed by atoms with Crippen LogP contribution in [0.25, 0.3) is 0 Å². The number of oxime groups is 1. The van der Waals surface area contributed by atoms with Crippen LogP contribution in [0.5, 0.6) is 0 Å². The molecule has 3 nitrogen and oxygen atoms in total. The molecule has 0 atom stereocenters. The zero-order valence-corrected chi connectivity index (χ0v) is 8.03. The Morgan fingerprint density at radius 2 is 2.29 bits per heavy atom. The van der Waals surface area contributed by atoms with Gasteiger partial charge in [-0.05, 0) is 13.0 Å². The highest BCUT2D eigenvalue weighted by Crippen LogP contribution is 2.11. The predicted molar refractivity (Wildman–Crippen MR) is 57.9 cm³/mol. The van der Waals surface area contributed by atoms with Crippen molar-refractivity contribution in [2.24, 2.45) is 5.16 Å². The molecule has 0 spiro atoms. The third kappa shape index (κ3) is 2.53. The summed E-state index contributed by atoms with van der Waals surface area (Å²) in [5.41, 5.74) is 8.01. The topological polar surface area (TPSA) is 47.6 Å². The van der Waals surface area contributed by atoms with Gasteiger partial charge in [0.25, 0.3) is 0 Å². The molecule has 0 fully saturated rings. The Morgan fingerprint density at radius 1 is 1.57 bits per heavy atom. The molecule has 0 saturated heterocycles. The standard InChI is InChI=1S/C11H12N2O/c1-3-8-14-13-9(2)10-6-4-5-7-11(10)12/h1,4-7H,8,12H2,2H3/b13-9+. The average molecular weight is 188 g/mol. The van der Waals surface area contributed by atoms with Crippen molar-refractivity contribution >= 4 is 11.4 Å². The van der Waals surface area contributed by atoms with Crippen molar-refractivity contribution in [2.45, 2.75) is 6.92 Å². The highest BCUT2D eigenvalue weighted by molar-refractivity contribution is 6.02. The lowest BCUT2D eigenvalue weighted by Crippen LogP contribution is -2.01. The molecule has 1 aromatic carbocycles.